The number of imidazole rings is 1. The molecule has 3 aromatic heterocycles. The van der Waals surface area contributed by atoms with E-state index < -0.39 is 0 Å². The van der Waals surface area contributed by atoms with Crippen molar-refractivity contribution >= 4 is 44.9 Å². The Hall–Kier alpha value is -2.99. The Morgan fingerprint density at radius 1 is 1.24 bits per heavy atom. The van der Waals surface area contributed by atoms with E-state index in [9.17, 15) is 4.79 Å². The van der Waals surface area contributed by atoms with Crippen molar-refractivity contribution in [1.82, 2.24) is 14.4 Å². The molecule has 0 aliphatic carbocycles. The van der Waals surface area contributed by atoms with Gasteiger partial charge in [0.15, 0.2) is 4.96 Å². The SMILES string of the molecule is Cc1cn2c(/C=C/C(=O)Nc3cccc4ncccc34)c(C)nc2s1. The van der Waals surface area contributed by atoms with Crippen molar-refractivity contribution in [2.24, 2.45) is 0 Å². The lowest BCUT2D eigenvalue weighted by atomic mass is 10.2. The van der Waals surface area contributed by atoms with Gasteiger partial charge in [-0.05, 0) is 44.2 Å². The molecule has 4 aromatic rings. The number of hydrogen-bond donors (Lipinski definition) is 1. The molecule has 6 heteroatoms. The third-order valence-corrected chi connectivity index (χ3v) is 4.86. The molecule has 0 saturated carbocycles. The number of pyridine rings is 1. The number of rotatable bonds is 3. The van der Waals surface area contributed by atoms with E-state index in [1.807, 2.05) is 54.8 Å². The molecule has 1 amide bonds. The Labute approximate surface area is 148 Å². The predicted molar refractivity (Wildman–Crippen MR) is 102 cm³/mol. The first-order valence-electron chi connectivity index (χ1n) is 7.90. The third-order valence-electron chi connectivity index (χ3n) is 3.96. The lowest BCUT2D eigenvalue weighted by molar-refractivity contribution is -0.111. The van der Waals surface area contributed by atoms with Crippen LogP contribution in [-0.4, -0.2) is 20.3 Å². The van der Waals surface area contributed by atoms with Gasteiger partial charge in [0.05, 0.1) is 22.6 Å². The quantitative estimate of drug-likeness (QED) is 0.564. The van der Waals surface area contributed by atoms with E-state index in [1.54, 1.807) is 29.7 Å². The number of carbonyl (C=O) groups is 1. The summed E-state index contributed by atoms with van der Waals surface area (Å²) in [4.78, 5) is 23.3. The molecule has 3 heterocycles. The minimum atomic E-state index is -0.183. The van der Waals surface area contributed by atoms with E-state index in [0.29, 0.717) is 0 Å². The number of aromatic nitrogens is 3. The molecule has 0 aliphatic rings. The van der Waals surface area contributed by atoms with Crippen molar-refractivity contribution in [3.8, 4) is 0 Å². The Bertz CT molecular complexity index is 1120. The van der Waals surface area contributed by atoms with Crippen LogP contribution in [0.4, 0.5) is 5.69 Å². The van der Waals surface area contributed by atoms with Gasteiger partial charge in [-0.25, -0.2) is 4.98 Å². The largest absolute Gasteiger partial charge is 0.322 e. The fourth-order valence-electron chi connectivity index (χ4n) is 2.82. The van der Waals surface area contributed by atoms with Gasteiger partial charge >= 0.3 is 0 Å². The molecule has 4 rings (SSSR count). The zero-order chi connectivity index (χ0) is 17.4. The number of benzene rings is 1. The van der Waals surface area contributed by atoms with Gasteiger partial charge < -0.3 is 5.32 Å². The second-order valence-electron chi connectivity index (χ2n) is 5.78. The molecule has 0 aliphatic heterocycles. The van der Waals surface area contributed by atoms with E-state index in [1.165, 1.54) is 4.88 Å². The zero-order valence-electron chi connectivity index (χ0n) is 13.9. The summed E-state index contributed by atoms with van der Waals surface area (Å²) in [5.74, 6) is -0.183. The molecule has 0 fully saturated rings. The van der Waals surface area contributed by atoms with E-state index in [4.69, 9.17) is 0 Å². The molecule has 0 saturated heterocycles. The highest BCUT2D eigenvalue weighted by Gasteiger charge is 2.09. The van der Waals surface area contributed by atoms with Gasteiger partial charge in [-0.3, -0.25) is 14.2 Å². The van der Waals surface area contributed by atoms with Crippen LogP contribution < -0.4 is 5.32 Å². The molecule has 0 radical (unpaired) electrons. The van der Waals surface area contributed by atoms with E-state index in [2.05, 4.69) is 15.3 Å². The molecule has 0 atom stereocenters. The van der Waals surface area contributed by atoms with Crippen LogP contribution in [0.25, 0.3) is 21.9 Å². The Kier molecular flexibility index (Phi) is 3.82. The molecule has 0 bridgehead atoms. The van der Waals surface area contributed by atoms with Crippen molar-refractivity contribution in [3.05, 3.63) is 65.1 Å². The highest BCUT2D eigenvalue weighted by Crippen LogP contribution is 2.23. The van der Waals surface area contributed by atoms with Crippen molar-refractivity contribution < 1.29 is 4.79 Å². The maximum atomic E-state index is 12.4. The van der Waals surface area contributed by atoms with Crippen LogP contribution in [0.3, 0.4) is 0 Å². The summed E-state index contributed by atoms with van der Waals surface area (Å²) in [5.41, 5.74) is 3.44. The average Bonchev–Trinajstić information content (AvgIpc) is 3.08. The Balaban J connectivity index is 1.61. The number of hydrogen-bond acceptors (Lipinski definition) is 4. The molecule has 25 heavy (non-hydrogen) atoms. The van der Waals surface area contributed by atoms with Crippen LogP contribution in [0.1, 0.15) is 16.3 Å². The fourth-order valence-corrected chi connectivity index (χ4v) is 3.70. The molecular weight excluding hydrogens is 332 g/mol. The summed E-state index contributed by atoms with van der Waals surface area (Å²) in [6.07, 6.45) is 7.12. The van der Waals surface area contributed by atoms with Crippen LogP contribution in [0, 0.1) is 13.8 Å². The van der Waals surface area contributed by atoms with Crippen LogP contribution in [0.2, 0.25) is 0 Å². The Morgan fingerprint density at radius 2 is 2.12 bits per heavy atom. The van der Waals surface area contributed by atoms with E-state index >= 15 is 0 Å². The van der Waals surface area contributed by atoms with Crippen LogP contribution >= 0.6 is 11.3 Å². The number of aryl methyl sites for hydroxylation is 2. The van der Waals surface area contributed by atoms with Gasteiger partial charge in [-0.1, -0.05) is 6.07 Å². The molecule has 124 valence electrons. The zero-order valence-corrected chi connectivity index (χ0v) is 14.7. The first kappa shape index (κ1) is 15.5. The summed E-state index contributed by atoms with van der Waals surface area (Å²) in [6.45, 7) is 3.99. The van der Waals surface area contributed by atoms with Crippen LogP contribution in [-0.2, 0) is 4.79 Å². The number of carbonyl (C=O) groups excluding carboxylic acids is 1. The van der Waals surface area contributed by atoms with Crippen molar-refractivity contribution in [2.75, 3.05) is 5.32 Å². The number of fused-ring (bicyclic) bond motifs is 2. The third kappa shape index (κ3) is 2.92. The van der Waals surface area contributed by atoms with Gasteiger partial charge in [0.1, 0.15) is 0 Å². The van der Waals surface area contributed by atoms with Gasteiger partial charge in [0, 0.05) is 28.7 Å². The average molecular weight is 348 g/mol. The molecule has 1 N–H and O–H groups in total. The van der Waals surface area contributed by atoms with Crippen molar-refractivity contribution in [3.63, 3.8) is 0 Å². The van der Waals surface area contributed by atoms with Gasteiger partial charge in [0.2, 0.25) is 5.91 Å². The van der Waals surface area contributed by atoms with Crippen molar-refractivity contribution in [2.45, 2.75) is 13.8 Å². The maximum absolute atomic E-state index is 12.4. The van der Waals surface area contributed by atoms with Crippen LogP contribution in [0.5, 0.6) is 0 Å². The monoisotopic (exact) mass is 348 g/mol. The van der Waals surface area contributed by atoms with E-state index in [-0.39, 0.29) is 5.91 Å². The lowest BCUT2D eigenvalue weighted by Gasteiger charge is -2.06. The first-order valence-corrected chi connectivity index (χ1v) is 8.71. The number of nitrogens with one attached hydrogen (secondary N) is 1. The van der Waals surface area contributed by atoms with Crippen LogP contribution in [0.15, 0.2) is 48.8 Å². The summed E-state index contributed by atoms with van der Waals surface area (Å²) in [5, 5.41) is 3.85. The smallest absolute Gasteiger partial charge is 0.248 e. The maximum Gasteiger partial charge on any atom is 0.248 e. The minimum absolute atomic E-state index is 0.183. The molecular formula is C19H16N4OS. The second kappa shape index (κ2) is 6.14. The summed E-state index contributed by atoms with van der Waals surface area (Å²) in [6, 6.07) is 9.49. The van der Waals surface area contributed by atoms with Crippen molar-refractivity contribution in [1.29, 1.82) is 0 Å². The number of thiazole rings is 1. The minimum Gasteiger partial charge on any atom is -0.322 e. The second-order valence-corrected chi connectivity index (χ2v) is 6.99. The summed E-state index contributed by atoms with van der Waals surface area (Å²) < 4.78 is 2.01. The van der Waals surface area contributed by atoms with Gasteiger partial charge in [-0.2, -0.15) is 0 Å². The van der Waals surface area contributed by atoms with E-state index in [0.717, 1.165) is 32.9 Å². The molecule has 1 aromatic carbocycles. The standard InChI is InChI=1S/C19H16N4OS/c1-12-11-23-17(13(2)21-19(23)25-12)8-9-18(24)22-16-7-3-6-15-14(16)5-4-10-20-15/h3-11H,1-2H3,(H,22,24)/b9-8+. The number of anilines is 1. The molecule has 0 spiro atoms. The fraction of sp³-hybridized carbons (Fsp3) is 0.105. The van der Waals surface area contributed by atoms with Gasteiger partial charge in [0.25, 0.3) is 0 Å². The number of nitrogens with zero attached hydrogens (tertiary/aromatic N) is 3. The topological polar surface area (TPSA) is 59.3 Å². The normalized spacial score (nSPS) is 11.6. The first-order chi connectivity index (χ1) is 12.1. The summed E-state index contributed by atoms with van der Waals surface area (Å²) >= 11 is 1.64. The Morgan fingerprint density at radius 3 is 3.00 bits per heavy atom. The summed E-state index contributed by atoms with van der Waals surface area (Å²) in [7, 11) is 0. The number of amides is 1. The highest BCUT2D eigenvalue weighted by molar-refractivity contribution is 7.17. The lowest BCUT2D eigenvalue weighted by Crippen LogP contribution is -2.08. The highest BCUT2D eigenvalue weighted by atomic mass is 32.1. The van der Waals surface area contributed by atoms with Gasteiger partial charge in [-0.15, -0.1) is 11.3 Å². The predicted octanol–water partition coefficient (Wildman–Crippen LogP) is 4.21. The molecule has 0 unspecified atom stereocenters. The molecule has 5 nitrogen and oxygen atoms in total.